The Hall–Kier alpha value is -3.71. The van der Waals surface area contributed by atoms with Crippen LogP contribution < -0.4 is 10.6 Å². The minimum Gasteiger partial charge on any atom is -0.462 e. The van der Waals surface area contributed by atoms with Crippen LogP contribution in [0.5, 0.6) is 0 Å². The first-order valence-electron chi connectivity index (χ1n) is 11.6. The van der Waals surface area contributed by atoms with E-state index >= 15 is 0 Å². The summed E-state index contributed by atoms with van der Waals surface area (Å²) in [4.78, 5) is 34.0. The molecule has 0 aliphatic carbocycles. The molecule has 7 heteroatoms. The van der Waals surface area contributed by atoms with Gasteiger partial charge >= 0.3 is 5.97 Å². The van der Waals surface area contributed by atoms with Gasteiger partial charge in [0.15, 0.2) is 0 Å². The van der Waals surface area contributed by atoms with Gasteiger partial charge in [-0.05, 0) is 29.2 Å². The molecular weight excluding hydrogens is 428 g/mol. The van der Waals surface area contributed by atoms with Crippen molar-refractivity contribution in [1.29, 1.82) is 0 Å². The summed E-state index contributed by atoms with van der Waals surface area (Å²) in [5, 5.41) is 0. The van der Waals surface area contributed by atoms with Crippen LogP contribution in [0, 0.1) is 0 Å². The average molecular weight is 457 g/mol. The summed E-state index contributed by atoms with van der Waals surface area (Å²) in [6, 6.07) is 21.4. The average Bonchev–Trinajstić information content (AvgIpc) is 3.22. The number of anilines is 1. The Morgan fingerprint density at radius 2 is 1.71 bits per heavy atom. The van der Waals surface area contributed by atoms with Gasteiger partial charge in [0, 0.05) is 32.3 Å². The van der Waals surface area contributed by atoms with Gasteiger partial charge in [0.2, 0.25) is 5.91 Å². The van der Waals surface area contributed by atoms with Gasteiger partial charge < -0.3 is 15.4 Å². The maximum atomic E-state index is 12.6. The number of nitrogens with zero attached hydrogens (tertiary/aromatic N) is 3. The lowest BCUT2D eigenvalue weighted by atomic mass is 9.98. The number of hydrogen-bond donors (Lipinski definition) is 1. The number of rotatable bonds is 7. The molecule has 0 spiro atoms. The lowest BCUT2D eigenvalue weighted by Gasteiger charge is -2.43. The summed E-state index contributed by atoms with van der Waals surface area (Å²) in [5.74, 6) is 0.115. The van der Waals surface area contributed by atoms with Crippen LogP contribution in [0.25, 0.3) is 0 Å². The van der Waals surface area contributed by atoms with Crippen LogP contribution in [-0.2, 0) is 28.9 Å². The van der Waals surface area contributed by atoms with Crippen LogP contribution in [0.1, 0.15) is 27.0 Å². The van der Waals surface area contributed by atoms with Gasteiger partial charge in [-0.25, -0.2) is 9.78 Å². The molecular formula is C27H28N4O3. The normalized spacial score (nSPS) is 19.4. The lowest BCUT2D eigenvalue weighted by molar-refractivity contribution is -0.124. The van der Waals surface area contributed by atoms with E-state index in [1.807, 2.05) is 54.6 Å². The Balaban J connectivity index is 1.27. The third-order valence-electron chi connectivity index (χ3n) is 6.65. The van der Waals surface area contributed by atoms with Crippen molar-refractivity contribution in [2.24, 2.45) is 5.73 Å². The number of carbonyl (C=O) groups excluding carboxylic acids is 2. The van der Waals surface area contributed by atoms with Crippen LogP contribution >= 0.6 is 0 Å². The van der Waals surface area contributed by atoms with Gasteiger partial charge in [-0.2, -0.15) is 0 Å². The highest BCUT2D eigenvalue weighted by Crippen LogP contribution is 2.36. The number of aromatic nitrogens is 1. The first-order chi connectivity index (χ1) is 16.6. The number of benzene rings is 2. The fourth-order valence-electron chi connectivity index (χ4n) is 5.04. The van der Waals surface area contributed by atoms with Crippen molar-refractivity contribution in [1.82, 2.24) is 9.88 Å². The first-order valence-corrected chi connectivity index (χ1v) is 11.6. The number of nitrogens with two attached hydrogens (primary N) is 1. The van der Waals surface area contributed by atoms with Crippen LogP contribution in [-0.4, -0.2) is 53.5 Å². The zero-order valence-electron chi connectivity index (χ0n) is 19.0. The van der Waals surface area contributed by atoms with Crippen molar-refractivity contribution in [3.05, 3.63) is 95.2 Å². The van der Waals surface area contributed by atoms with E-state index in [1.54, 1.807) is 6.20 Å². The van der Waals surface area contributed by atoms with E-state index < -0.39 is 6.04 Å². The number of amides is 1. The van der Waals surface area contributed by atoms with Gasteiger partial charge in [-0.3, -0.25) is 9.69 Å². The van der Waals surface area contributed by atoms with Crippen LogP contribution in [0.3, 0.4) is 0 Å². The SMILES string of the molecule is NC(=O)C1C2Cc3cc(C(=O)OCCc4ccccc4)cnc3N2CCN1Cc1ccccc1. The van der Waals surface area contributed by atoms with Gasteiger partial charge in [0.1, 0.15) is 11.9 Å². The maximum absolute atomic E-state index is 12.6. The molecule has 1 fully saturated rings. The number of pyridine rings is 1. The Labute approximate surface area is 199 Å². The van der Waals surface area contributed by atoms with Gasteiger partial charge in [-0.1, -0.05) is 60.7 Å². The molecule has 5 rings (SSSR count). The van der Waals surface area contributed by atoms with E-state index in [9.17, 15) is 9.59 Å². The van der Waals surface area contributed by atoms with Crippen molar-refractivity contribution in [2.75, 3.05) is 24.6 Å². The zero-order chi connectivity index (χ0) is 23.5. The molecule has 1 amide bonds. The van der Waals surface area contributed by atoms with E-state index in [2.05, 4.69) is 26.9 Å². The molecule has 2 aliphatic heterocycles. The van der Waals surface area contributed by atoms with Gasteiger partial charge in [-0.15, -0.1) is 0 Å². The van der Waals surface area contributed by atoms with E-state index in [4.69, 9.17) is 10.5 Å². The van der Waals surface area contributed by atoms with E-state index in [-0.39, 0.29) is 17.9 Å². The highest BCUT2D eigenvalue weighted by Gasteiger charge is 2.45. The number of primary amides is 1. The summed E-state index contributed by atoms with van der Waals surface area (Å²) in [5.41, 5.74) is 9.54. The molecule has 2 unspecified atom stereocenters. The van der Waals surface area contributed by atoms with Gasteiger partial charge in [0.05, 0.1) is 18.2 Å². The molecule has 0 bridgehead atoms. The minimum atomic E-state index is -0.426. The number of piperazine rings is 1. The lowest BCUT2D eigenvalue weighted by Crippen LogP contribution is -2.63. The summed E-state index contributed by atoms with van der Waals surface area (Å²) in [6.45, 7) is 2.44. The molecule has 7 nitrogen and oxygen atoms in total. The Morgan fingerprint density at radius 3 is 2.41 bits per heavy atom. The van der Waals surface area contributed by atoms with Crippen LogP contribution in [0.2, 0.25) is 0 Å². The molecule has 3 heterocycles. The molecule has 2 atom stereocenters. The number of carbonyl (C=O) groups is 2. The van der Waals surface area contributed by atoms with Crippen molar-refractivity contribution < 1.29 is 14.3 Å². The standard InChI is InChI=1S/C27H28N4O3/c28-25(32)24-23-16-21-15-22(27(33)34-14-11-19-7-3-1-4-8-19)17-29-26(21)31(23)13-12-30(24)18-20-9-5-2-6-10-20/h1-10,15,17,23-24H,11-14,16,18H2,(H2,28,32). The largest absolute Gasteiger partial charge is 0.462 e. The molecule has 2 aliphatic rings. The highest BCUT2D eigenvalue weighted by atomic mass is 16.5. The minimum absolute atomic E-state index is 0.0955. The first kappa shape index (κ1) is 22.1. The van der Waals surface area contributed by atoms with Crippen molar-refractivity contribution in [3.63, 3.8) is 0 Å². The van der Waals surface area contributed by atoms with E-state index in [1.165, 1.54) is 0 Å². The molecule has 174 valence electrons. The Bertz CT molecular complexity index is 1170. The second-order valence-electron chi connectivity index (χ2n) is 8.85. The molecule has 1 aromatic heterocycles. The molecule has 0 saturated carbocycles. The molecule has 2 aromatic carbocycles. The third-order valence-corrected chi connectivity index (χ3v) is 6.65. The van der Waals surface area contributed by atoms with E-state index in [0.29, 0.717) is 38.1 Å². The summed E-state index contributed by atoms with van der Waals surface area (Å²) in [7, 11) is 0. The molecule has 34 heavy (non-hydrogen) atoms. The van der Waals surface area contributed by atoms with Crippen LogP contribution in [0.15, 0.2) is 72.9 Å². The van der Waals surface area contributed by atoms with Crippen molar-refractivity contribution in [3.8, 4) is 0 Å². The monoisotopic (exact) mass is 456 g/mol. The third kappa shape index (κ3) is 4.52. The maximum Gasteiger partial charge on any atom is 0.339 e. The molecule has 1 saturated heterocycles. The second-order valence-corrected chi connectivity index (χ2v) is 8.85. The fourth-order valence-corrected chi connectivity index (χ4v) is 5.04. The number of hydrogen-bond acceptors (Lipinski definition) is 6. The summed E-state index contributed by atoms with van der Waals surface area (Å²) >= 11 is 0. The quantitative estimate of drug-likeness (QED) is 0.550. The molecule has 3 aromatic rings. The predicted molar refractivity (Wildman–Crippen MR) is 129 cm³/mol. The smallest absolute Gasteiger partial charge is 0.339 e. The topological polar surface area (TPSA) is 88.8 Å². The number of fused-ring (bicyclic) bond motifs is 3. The summed E-state index contributed by atoms with van der Waals surface area (Å²) in [6.07, 6.45) is 2.85. The second kappa shape index (κ2) is 9.65. The Kier molecular flexibility index (Phi) is 6.27. The Morgan fingerprint density at radius 1 is 1.00 bits per heavy atom. The van der Waals surface area contributed by atoms with E-state index in [0.717, 1.165) is 29.1 Å². The molecule has 2 N–H and O–H groups in total. The number of ether oxygens (including phenoxy) is 1. The van der Waals surface area contributed by atoms with Crippen LogP contribution in [0.4, 0.5) is 5.82 Å². The van der Waals surface area contributed by atoms with Crippen molar-refractivity contribution in [2.45, 2.75) is 31.5 Å². The number of esters is 1. The highest BCUT2D eigenvalue weighted by molar-refractivity contribution is 5.90. The van der Waals surface area contributed by atoms with Gasteiger partial charge in [0.25, 0.3) is 0 Å². The fraction of sp³-hybridized carbons (Fsp3) is 0.296. The zero-order valence-corrected chi connectivity index (χ0v) is 19.0. The van der Waals surface area contributed by atoms with Crippen molar-refractivity contribution >= 4 is 17.7 Å². The predicted octanol–water partition coefficient (Wildman–Crippen LogP) is 2.58. The summed E-state index contributed by atoms with van der Waals surface area (Å²) < 4.78 is 5.48. The molecule has 0 radical (unpaired) electrons.